The summed E-state index contributed by atoms with van der Waals surface area (Å²) < 4.78 is 45.4. The Balaban J connectivity index is 1.61. The molecule has 0 unspecified atom stereocenters. The van der Waals surface area contributed by atoms with Gasteiger partial charge in [0.25, 0.3) is 10.0 Å². The van der Waals surface area contributed by atoms with E-state index in [-0.39, 0.29) is 10.9 Å². The van der Waals surface area contributed by atoms with Gasteiger partial charge in [0.15, 0.2) is 11.5 Å². The van der Waals surface area contributed by atoms with Crippen molar-refractivity contribution < 1.29 is 27.4 Å². The van der Waals surface area contributed by atoms with Gasteiger partial charge in [0.05, 0.1) is 23.2 Å². The van der Waals surface area contributed by atoms with Gasteiger partial charge in [-0.2, -0.15) is 0 Å². The van der Waals surface area contributed by atoms with Crippen molar-refractivity contribution in [2.45, 2.75) is 31.7 Å². The van der Waals surface area contributed by atoms with Gasteiger partial charge in [0.1, 0.15) is 25.5 Å². The van der Waals surface area contributed by atoms with Crippen LogP contribution in [0.2, 0.25) is 0 Å². The molecular formula is C27H30N2O6S. The molecule has 0 radical (unpaired) electrons. The van der Waals surface area contributed by atoms with Crippen LogP contribution in [0.4, 0.5) is 5.69 Å². The van der Waals surface area contributed by atoms with Gasteiger partial charge in [-0.25, -0.2) is 8.42 Å². The van der Waals surface area contributed by atoms with E-state index in [0.29, 0.717) is 42.8 Å². The molecule has 0 spiro atoms. The van der Waals surface area contributed by atoms with Gasteiger partial charge in [-0.15, -0.1) is 0 Å². The van der Waals surface area contributed by atoms with Gasteiger partial charge < -0.3 is 19.5 Å². The largest absolute Gasteiger partial charge is 0.492 e. The van der Waals surface area contributed by atoms with Gasteiger partial charge in [-0.05, 0) is 62.7 Å². The monoisotopic (exact) mass is 510 g/mol. The third-order valence-corrected chi connectivity index (χ3v) is 7.55. The zero-order chi connectivity index (χ0) is 25.7. The normalized spacial score (nSPS) is 13.5. The highest BCUT2D eigenvalue weighted by atomic mass is 32.2. The minimum Gasteiger partial charge on any atom is -0.492 e. The van der Waals surface area contributed by atoms with Crippen molar-refractivity contribution in [1.82, 2.24) is 5.32 Å². The summed E-state index contributed by atoms with van der Waals surface area (Å²) in [6.45, 7) is 6.41. The van der Waals surface area contributed by atoms with E-state index in [2.05, 4.69) is 5.32 Å². The van der Waals surface area contributed by atoms with Crippen LogP contribution in [-0.4, -0.2) is 40.7 Å². The molecule has 1 aliphatic rings. The standard InChI is InChI=1S/C27H30N2O6S/c1-4-33-24-8-6-5-7-23(24)29(36(31,32)22-12-9-19(2)10-13-22)18-27(30)28-20(3)21-11-14-25-26(17-21)35-16-15-34-25/h5-14,17,20H,4,15-16,18H2,1-3H3,(H,28,30)/t20-/m1/s1. The second-order valence-corrected chi connectivity index (χ2v) is 10.3. The molecule has 0 aromatic heterocycles. The van der Waals surface area contributed by atoms with Crippen LogP contribution in [0.1, 0.15) is 31.0 Å². The van der Waals surface area contributed by atoms with Crippen molar-refractivity contribution in [3.63, 3.8) is 0 Å². The molecule has 0 bridgehead atoms. The molecule has 3 aromatic carbocycles. The molecule has 4 rings (SSSR count). The summed E-state index contributed by atoms with van der Waals surface area (Å²) in [6.07, 6.45) is 0. The lowest BCUT2D eigenvalue weighted by molar-refractivity contribution is -0.120. The maximum atomic E-state index is 13.7. The van der Waals surface area contributed by atoms with E-state index >= 15 is 0 Å². The number of para-hydroxylation sites is 2. The molecule has 1 amide bonds. The van der Waals surface area contributed by atoms with E-state index in [1.807, 2.05) is 32.9 Å². The molecule has 1 aliphatic heterocycles. The van der Waals surface area contributed by atoms with Crippen LogP contribution in [0.15, 0.2) is 71.6 Å². The number of carbonyl (C=O) groups excluding carboxylic acids is 1. The summed E-state index contributed by atoms with van der Waals surface area (Å²) >= 11 is 0. The smallest absolute Gasteiger partial charge is 0.264 e. The first kappa shape index (κ1) is 25.4. The third-order valence-electron chi connectivity index (χ3n) is 5.77. The van der Waals surface area contributed by atoms with E-state index in [1.54, 1.807) is 42.5 Å². The summed E-state index contributed by atoms with van der Waals surface area (Å²) in [5.74, 6) is 1.20. The molecule has 0 saturated carbocycles. The van der Waals surface area contributed by atoms with E-state index in [0.717, 1.165) is 15.4 Å². The molecule has 0 saturated heterocycles. The molecule has 36 heavy (non-hydrogen) atoms. The maximum Gasteiger partial charge on any atom is 0.264 e. The van der Waals surface area contributed by atoms with Crippen LogP contribution in [0.25, 0.3) is 0 Å². The summed E-state index contributed by atoms with van der Waals surface area (Å²) in [5, 5.41) is 2.91. The number of hydrogen-bond acceptors (Lipinski definition) is 6. The molecule has 0 fully saturated rings. The highest BCUT2D eigenvalue weighted by Gasteiger charge is 2.30. The van der Waals surface area contributed by atoms with Crippen LogP contribution in [0.3, 0.4) is 0 Å². The highest BCUT2D eigenvalue weighted by Crippen LogP contribution is 2.34. The molecule has 1 N–H and O–H groups in total. The molecule has 9 heteroatoms. The summed E-state index contributed by atoms with van der Waals surface area (Å²) in [4.78, 5) is 13.3. The number of fused-ring (bicyclic) bond motifs is 1. The molecule has 1 heterocycles. The number of aryl methyl sites for hydroxylation is 1. The lowest BCUT2D eigenvalue weighted by Gasteiger charge is -2.27. The Labute approximate surface area is 211 Å². The zero-order valence-corrected chi connectivity index (χ0v) is 21.4. The number of nitrogens with one attached hydrogen (secondary N) is 1. The summed E-state index contributed by atoms with van der Waals surface area (Å²) in [6, 6.07) is 18.4. The first-order valence-corrected chi connectivity index (χ1v) is 13.2. The van der Waals surface area contributed by atoms with E-state index in [9.17, 15) is 13.2 Å². The van der Waals surface area contributed by atoms with Gasteiger partial charge in [-0.1, -0.05) is 35.9 Å². The third kappa shape index (κ3) is 5.57. The lowest BCUT2D eigenvalue weighted by Crippen LogP contribution is -2.41. The maximum absolute atomic E-state index is 13.7. The number of ether oxygens (including phenoxy) is 3. The summed E-state index contributed by atoms with van der Waals surface area (Å²) in [5.41, 5.74) is 2.04. The topological polar surface area (TPSA) is 94.2 Å². The van der Waals surface area contributed by atoms with Crippen molar-refractivity contribution >= 4 is 21.6 Å². The lowest BCUT2D eigenvalue weighted by atomic mass is 10.1. The van der Waals surface area contributed by atoms with Crippen LogP contribution >= 0.6 is 0 Å². The van der Waals surface area contributed by atoms with Crippen molar-refractivity contribution in [1.29, 1.82) is 0 Å². The fourth-order valence-electron chi connectivity index (χ4n) is 3.91. The molecule has 190 valence electrons. The van der Waals surface area contributed by atoms with E-state index < -0.39 is 22.5 Å². The fraction of sp³-hybridized carbons (Fsp3) is 0.296. The fourth-order valence-corrected chi connectivity index (χ4v) is 5.34. The molecule has 8 nitrogen and oxygen atoms in total. The second kappa shape index (κ2) is 10.9. The molecular weight excluding hydrogens is 480 g/mol. The average molecular weight is 511 g/mol. The Morgan fingerprint density at radius 2 is 1.72 bits per heavy atom. The van der Waals surface area contributed by atoms with Crippen LogP contribution < -0.4 is 23.8 Å². The first-order valence-electron chi connectivity index (χ1n) is 11.8. The van der Waals surface area contributed by atoms with Gasteiger partial charge >= 0.3 is 0 Å². The quantitative estimate of drug-likeness (QED) is 0.463. The number of anilines is 1. The number of hydrogen-bond donors (Lipinski definition) is 1. The van der Waals surface area contributed by atoms with E-state index in [1.165, 1.54) is 12.1 Å². The second-order valence-electron chi connectivity index (χ2n) is 8.42. The Morgan fingerprint density at radius 1 is 1.03 bits per heavy atom. The van der Waals surface area contributed by atoms with Crippen molar-refractivity contribution in [3.05, 3.63) is 77.9 Å². The first-order chi connectivity index (χ1) is 17.3. The highest BCUT2D eigenvalue weighted by molar-refractivity contribution is 7.92. The number of rotatable bonds is 9. The van der Waals surface area contributed by atoms with Crippen LogP contribution in [0.5, 0.6) is 17.2 Å². The number of benzene rings is 3. The van der Waals surface area contributed by atoms with Crippen LogP contribution in [0, 0.1) is 6.92 Å². The van der Waals surface area contributed by atoms with Crippen molar-refractivity contribution in [3.8, 4) is 17.2 Å². The zero-order valence-electron chi connectivity index (χ0n) is 20.6. The van der Waals surface area contributed by atoms with Gasteiger partial charge in [0.2, 0.25) is 5.91 Å². The van der Waals surface area contributed by atoms with Gasteiger partial charge in [-0.3, -0.25) is 9.10 Å². The molecule has 3 aromatic rings. The van der Waals surface area contributed by atoms with Crippen molar-refractivity contribution in [2.24, 2.45) is 0 Å². The Bertz CT molecular complexity index is 1320. The molecule has 0 aliphatic carbocycles. The minimum atomic E-state index is -4.06. The van der Waals surface area contributed by atoms with Gasteiger partial charge in [0, 0.05) is 0 Å². The minimum absolute atomic E-state index is 0.0899. The van der Waals surface area contributed by atoms with E-state index in [4.69, 9.17) is 14.2 Å². The Hall–Kier alpha value is -3.72. The number of carbonyl (C=O) groups is 1. The SMILES string of the molecule is CCOc1ccccc1N(CC(=O)N[C@H](C)c1ccc2c(c1)OCCO2)S(=O)(=O)c1ccc(C)cc1. The predicted octanol–water partition coefficient (Wildman–Crippen LogP) is 4.24. The number of amides is 1. The molecule has 1 atom stereocenters. The van der Waals surface area contributed by atoms with Crippen LogP contribution in [-0.2, 0) is 14.8 Å². The Kier molecular flexibility index (Phi) is 7.69. The number of sulfonamides is 1. The average Bonchev–Trinajstić information content (AvgIpc) is 2.88. The predicted molar refractivity (Wildman–Crippen MR) is 137 cm³/mol. The Morgan fingerprint density at radius 3 is 2.44 bits per heavy atom. The summed E-state index contributed by atoms with van der Waals surface area (Å²) in [7, 11) is -4.06. The van der Waals surface area contributed by atoms with Crippen molar-refractivity contribution in [2.75, 3.05) is 30.7 Å². The number of nitrogens with zero attached hydrogens (tertiary/aromatic N) is 1.